The summed E-state index contributed by atoms with van der Waals surface area (Å²) in [6.07, 6.45) is 5.19. The number of hydrogen-bond acceptors (Lipinski definition) is 3. The van der Waals surface area contributed by atoms with E-state index in [2.05, 4.69) is 0 Å². The fourth-order valence-electron chi connectivity index (χ4n) is 1.99. The normalized spacial score (nSPS) is 16.4. The van der Waals surface area contributed by atoms with Gasteiger partial charge in [-0.1, -0.05) is 19.3 Å². The van der Waals surface area contributed by atoms with Crippen molar-refractivity contribution in [1.82, 2.24) is 4.90 Å². The van der Waals surface area contributed by atoms with Crippen LogP contribution in [0.5, 0.6) is 0 Å². The second kappa shape index (κ2) is 6.03. The van der Waals surface area contributed by atoms with E-state index in [-0.39, 0.29) is 24.9 Å². The summed E-state index contributed by atoms with van der Waals surface area (Å²) in [6.45, 7) is 0.0613. The molecule has 0 N–H and O–H groups in total. The van der Waals surface area contributed by atoms with Gasteiger partial charge in [0.25, 0.3) is 0 Å². The molecule has 0 spiro atoms. The minimum absolute atomic E-state index is 0.0159. The van der Waals surface area contributed by atoms with Crippen molar-refractivity contribution < 1.29 is 4.79 Å². The molecule has 1 aliphatic rings. The molecule has 4 heteroatoms. The van der Waals surface area contributed by atoms with E-state index >= 15 is 0 Å². The molecule has 0 saturated heterocycles. The Kier molecular flexibility index (Phi) is 4.63. The fraction of sp³-hybridized carbons (Fsp3) is 0.727. The van der Waals surface area contributed by atoms with Gasteiger partial charge in [-0.15, -0.1) is 0 Å². The van der Waals surface area contributed by atoms with Crippen LogP contribution in [0.4, 0.5) is 0 Å². The number of rotatable bonds is 3. The van der Waals surface area contributed by atoms with Crippen molar-refractivity contribution in [3.63, 3.8) is 0 Å². The molecule has 4 nitrogen and oxygen atoms in total. The lowest BCUT2D eigenvalue weighted by Gasteiger charge is -2.25. The summed E-state index contributed by atoms with van der Waals surface area (Å²) in [6, 6.07) is 3.85. The molecule has 1 aliphatic carbocycles. The van der Waals surface area contributed by atoms with E-state index in [4.69, 9.17) is 10.5 Å². The van der Waals surface area contributed by atoms with Crippen molar-refractivity contribution in [2.45, 2.75) is 32.1 Å². The van der Waals surface area contributed by atoms with Crippen molar-refractivity contribution in [2.24, 2.45) is 5.92 Å². The Morgan fingerprint density at radius 3 is 2.13 bits per heavy atom. The zero-order valence-corrected chi connectivity index (χ0v) is 8.78. The minimum Gasteiger partial charge on any atom is -0.316 e. The van der Waals surface area contributed by atoms with E-state index in [0.29, 0.717) is 0 Å². The molecule has 1 saturated carbocycles. The van der Waals surface area contributed by atoms with Crippen molar-refractivity contribution in [3.05, 3.63) is 0 Å². The molecule has 0 aromatic heterocycles. The van der Waals surface area contributed by atoms with Gasteiger partial charge in [-0.05, 0) is 12.8 Å². The summed E-state index contributed by atoms with van der Waals surface area (Å²) in [4.78, 5) is 13.3. The van der Waals surface area contributed by atoms with Gasteiger partial charge >= 0.3 is 0 Å². The Balaban J connectivity index is 2.54. The quantitative estimate of drug-likeness (QED) is 0.655. The van der Waals surface area contributed by atoms with Gasteiger partial charge in [-0.2, -0.15) is 10.5 Å². The van der Waals surface area contributed by atoms with E-state index < -0.39 is 0 Å². The maximum Gasteiger partial charge on any atom is 0.227 e. The number of carbonyl (C=O) groups is 1. The van der Waals surface area contributed by atoms with Crippen LogP contribution in [0.25, 0.3) is 0 Å². The average molecular weight is 205 g/mol. The molecule has 0 aliphatic heterocycles. The first kappa shape index (κ1) is 11.5. The second-order valence-electron chi connectivity index (χ2n) is 3.85. The Labute approximate surface area is 90.1 Å². The number of carbonyl (C=O) groups excluding carboxylic acids is 1. The Hall–Kier alpha value is -1.55. The van der Waals surface area contributed by atoms with Gasteiger partial charge in [-0.25, -0.2) is 0 Å². The van der Waals surface area contributed by atoms with Gasteiger partial charge in [0.05, 0.1) is 12.1 Å². The predicted octanol–water partition coefficient (Wildman–Crippen LogP) is 1.44. The van der Waals surface area contributed by atoms with Crippen molar-refractivity contribution in [3.8, 4) is 12.1 Å². The maximum absolute atomic E-state index is 11.9. The van der Waals surface area contributed by atoms with Crippen LogP contribution < -0.4 is 0 Å². The van der Waals surface area contributed by atoms with E-state index in [1.165, 1.54) is 11.3 Å². The number of nitriles is 2. The van der Waals surface area contributed by atoms with E-state index in [9.17, 15) is 4.79 Å². The fourth-order valence-corrected chi connectivity index (χ4v) is 1.99. The zero-order valence-electron chi connectivity index (χ0n) is 8.78. The molecule has 0 atom stereocenters. The van der Waals surface area contributed by atoms with Crippen LogP contribution in [-0.2, 0) is 4.79 Å². The van der Waals surface area contributed by atoms with Gasteiger partial charge in [0.15, 0.2) is 0 Å². The highest BCUT2D eigenvalue weighted by Gasteiger charge is 2.25. The van der Waals surface area contributed by atoms with Crippen LogP contribution >= 0.6 is 0 Å². The highest BCUT2D eigenvalue weighted by molar-refractivity contribution is 5.79. The van der Waals surface area contributed by atoms with Gasteiger partial charge in [0.1, 0.15) is 13.1 Å². The molecule has 15 heavy (non-hydrogen) atoms. The SMILES string of the molecule is N#CCN(CC#N)C(=O)C1CCCCC1. The molecule has 0 aromatic carbocycles. The van der Waals surface area contributed by atoms with Gasteiger partial charge in [-0.3, -0.25) is 4.79 Å². The summed E-state index contributed by atoms with van der Waals surface area (Å²) >= 11 is 0. The van der Waals surface area contributed by atoms with E-state index in [0.717, 1.165) is 25.7 Å². The maximum atomic E-state index is 11.9. The molecule has 1 rings (SSSR count). The minimum atomic E-state index is -0.0159. The van der Waals surface area contributed by atoms with E-state index in [1.807, 2.05) is 12.1 Å². The smallest absolute Gasteiger partial charge is 0.227 e. The monoisotopic (exact) mass is 205 g/mol. The van der Waals surface area contributed by atoms with Crippen LogP contribution in [0.3, 0.4) is 0 Å². The van der Waals surface area contributed by atoms with Crippen molar-refractivity contribution in [1.29, 1.82) is 10.5 Å². The van der Waals surface area contributed by atoms with Crippen molar-refractivity contribution in [2.75, 3.05) is 13.1 Å². The number of nitrogens with zero attached hydrogens (tertiary/aromatic N) is 3. The summed E-state index contributed by atoms with van der Waals surface area (Å²) in [5, 5.41) is 17.1. The lowest BCUT2D eigenvalue weighted by atomic mass is 9.88. The summed E-state index contributed by atoms with van der Waals surface area (Å²) in [5.74, 6) is 0.0262. The summed E-state index contributed by atoms with van der Waals surface area (Å²) < 4.78 is 0. The first-order valence-electron chi connectivity index (χ1n) is 5.32. The largest absolute Gasteiger partial charge is 0.316 e. The predicted molar refractivity (Wildman–Crippen MR) is 54.4 cm³/mol. The highest BCUT2D eigenvalue weighted by Crippen LogP contribution is 2.25. The molecule has 0 aromatic rings. The Morgan fingerprint density at radius 1 is 1.13 bits per heavy atom. The van der Waals surface area contributed by atoms with Gasteiger partial charge in [0.2, 0.25) is 5.91 Å². The van der Waals surface area contributed by atoms with Crippen LogP contribution in [-0.4, -0.2) is 23.9 Å². The molecule has 80 valence electrons. The average Bonchev–Trinajstić information content (AvgIpc) is 2.29. The van der Waals surface area contributed by atoms with Crippen LogP contribution in [0.2, 0.25) is 0 Å². The zero-order chi connectivity index (χ0) is 11.1. The molecule has 0 unspecified atom stereocenters. The Morgan fingerprint density at radius 2 is 1.67 bits per heavy atom. The number of amides is 1. The first-order chi connectivity index (χ1) is 7.29. The van der Waals surface area contributed by atoms with Crippen LogP contribution in [0.15, 0.2) is 0 Å². The third-order valence-electron chi connectivity index (χ3n) is 2.79. The highest BCUT2D eigenvalue weighted by atomic mass is 16.2. The standard InChI is InChI=1S/C11H15N3O/c12-6-8-14(9-7-13)11(15)10-4-2-1-3-5-10/h10H,1-5,8-9H2. The third-order valence-corrected chi connectivity index (χ3v) is 2.79. The topological polar surface area (TPSA) is 67.9 Å². The van der Waals surface area contributed by atoms with Crippen LogP contribution in [0.1, 0.15) is 32.1 Å². The lowest BCUT2D eigenvalue weighted by Crippen LogP contribution is -2.37. The van der Waals surface area contributed by atoms with Crippen LogP contribution in [0, 0.1) is 28.6 Å². The summed E-state index contributed by atoms with van der Waals surface area (Å²) in [5.41, 5.74) is 0. The third kappa shape index (κ3) is 3.25. The molecule has 0 bridgehead atoms. The Bertz CT molecular complexity index is 278. The van der Waals surface area contributed by atoms with E-state index in [1.54, 1.807) is 0 Å². The first-order valence-corrected chi connectivity index (χ1v) is 5.32. The second-order valence-corrected chi connectivity index (χ2v) is 3.85. The molecule has 0 radical (unpaired) electrons. The van der Waals surface area contributed by atoms with Crippen molar-refractivity contribution >= 4 is 5.91 Å². The molecule has 1 fully saturated rings. The lowest BCUT2D eigenvalue weighted by molar-refractivity contribution is -0.135. The number of hydrogen-bond donors (Lipinski definition) is 0. The summed E-state index contributed by atoms with van der Waals surface area (Å²) in [7, 11) is 0. The molecule has 1 amide bonds. The molecule has 0 heterocycles. The van der Waals surface area contributed by atoms with Gasteiger partial charge in [0, 0.05) is 5.92 Å². The van der Waals surface area contributed by atoms with Gasteiger partial charge < -0.3 is 4.90 Å². The molecular formula is C11H15N3O. The molecular weight excluding hydrogens is 190 g/mol.